The van der Waals surface area contributed by atoms with E-state index in [4.69, 9.17) is 22.2 Å². The maximum Gasteiger partial charge on any atom is 0.124 e. The number of nitrogens with zero attached hydrogens (tertiary/aromatic N) is 4. The van der Waals surface area contributed by atoms with Gasteiger partial charge in [-0.25, -0.2) is 0 Å². The predicted octanol–water partition coefficient (Wildman–Crippen LogP) is -7.80. The molecule has 0 radical (unpaired) electrons. The van der Waals surface area contributed by atoms with Crippen LogP contribution in [0.5, 0.6) is 40.2 Å². The van der Waals surface area contributed by atoms with Gasteiger partial charge in [-0.3, -0.25) is 24.4 Å². The summed E-state index contributed by atoms with van der Waals surface area (Å²) >= 11 is 5.30. The van der Waals surface area contributed by atoms with E-state index in [0.717, 1.165) is 241 Å². The Morgan fingerprint density at radius 1 is 0.390 bits per heavy atom. The van der Waals surface area contributed by atoms with Crippen molar-refractivity contribution in [1.29, 1.82) is 0 Å². The van der Waals surface area contributed by atoms with Crippen LogP contribution in [0.15, 0.2) is 127 Å². The van der Waals surface area contributed by atoms with Gasteiger partial charge in [-0.1, -0.05) is 72.8 Å². The van der Waals surface area contributed by atoms with Crippen LogP contribution in [0, 0.1) is 5.92 Å². The molecule has 25 N–H and O–H groups in total. The van der Waals surface area contributed by atoms with Crippen LogP contribution in [0.2, 0.25) is 27.3 Å². The smallest absolute Gasteiger partial charge is 0.124 e. The molecule has 3 saturated heterocycles. The van der Waals surface area contributed by atoms with Crippen molar-refractivity contribution in [2.45, 2.75) is 124 Å². The second kappa shape index (κ2) is 65.0. The molecule has 0 saturated carbocycles. The molecule has 2 unspecified atom stereocenters. The summed E-state index contributed by atoms with van der Waals surface area (Å²) in [6.07, 6.45) is 8.71. The monoisotopic (exact) mass is 2100 g/mol. The maximum absolute atomic E-state index is 10.9. The first-order valence-corrected chi connectivity index (χ1v) is 55.0. The third-order valence-corrected chi connectivity index (χ3v) is 21.5. The number of nitrogens with one attached hydrogen (secondary N) is 8. The summed E-state index contributed by atoms with van der Waals surface area (Å²) in [6, 6.07) is 39.6. The second-order valence-electron chi connectivity index (χ2n) is 31.4. The number of phenolic OH excluding ortho intramolecular Hbond substituents is 7. The minimum Gasteiger partial charge on any atom is -1.00 e. The average Bonchev–Trinajstić information content (AvgIpc) is 1.83. The molecule has 0 spiro atoms. The number of quaternary nitrogens is 1. The molecule has 684 valence electrons. The maximum atomic E-state index is 10.9. The second-order valence-corrected chi connectivity index (χ2v) is 47.7. The summed E-state index contributed by atoms with van der Waals surface area (Å²) in [5.41, 5.74) is 30.8. The van der Waals surface area contributed by atoms with Gasteiger partial charge in [-0.15, -0.1) is 0 Å². The molecule has 0 aromatic heterocycles. The van der Waals surface area contributed by atoms with Gasteiger partial charge in [0.2, 0.25) is 0 Å². The van der Waals surface area contributed by atoms with Crippen molar-refractivity contribution in [2.24, 2.45) is 23.1 Å². The minimum atomic E-state index is -0.578. The van der Waals surface area contributed by atoms with E-state index in [9.17, 15) is 55.6 Å². The normalized spacial score (nSPS) is 15.6. The molecule has 0 aliphatic carbocycles. The molecule has 3 heterocycles. The van der Waals surface area contributed by atoms with Crippen LogP contribution in [0.3, 0.4) is 0 Å². The number of rotatable bonds is 35. The van der Waals surface area contributed by atoms with Crippen molar-refractivity contribution in [3.63, 3.8) is 0 Å². The van der Waals surface area contributed by atoms with Crippen molar-refractivity contribution < 1.29 is 116 Å². The third kappa shape index (κ3) is 46.0. The minimum absolute atomic E-state index is 0. The van der Waals surface area contributed by atoms with E-state index in [2.05, 4.69) is 112 Å². The van der Waals surface area contributed by atoms with Gasteiger partial charge in [-0.2, -0.15) is 0 Å². The summed E-state index contributed by atoms with van der Waals surface area (Å²) in [7, 11) is -2.27. The molecule has 7 aromatic rings. The van der Waals surface area contributed by atoms with E-state index < -0.39 is 28.2 Å². The molecule has 37 heteroatoms. The van der Waals surface area contributed by atoms with Crippen LogP contribution in [0.4, 0.5) is 0 Å². The van der Waals surface area contributed by atoms with Crippen LogP contribution in [0.25, 0.3) is 0 Å². The van der Waals surface area contributed by atoms with Gasteiger partial charge in [0.05, 0.1) is 18.7 Å². The van der Waals surface area contributed by atoms with Gasteiger partial charge in [0.25, 0.3) is 0 Å². The van der Waals surface area contributed by atoms with Crippen LogP contribution < -0.4 is 109 Å². The SMILES string of the molecule is C1CNCCNCCN1.CB(O)NCCc1ccc(O)c(C=O)c1.CB(O)NCCc1ccc(O)c(CN2CCN(Cc3cc(CCNB(C)O)ccc3O)CCN(Cc3cc(CCNB(C)O)ccc3O)CC2)c1.I[I-]I.NCCc1ccc(O)c(CC2CCN(Cc3cc(CCN)ccc3O)CC[NH+](Cc3cc(CCN)ccc3O)CC2)c1.[Cl-].[Cl-].[Cl-]. The van der Waals surface area contributed by atoms with Gasteiger partial charge in [0.1, 0.15) is 46.8 Å². The van der Waals surface area contributed by atoms with Crippen LogP contribution >= 0.6 is 37.2 Å². The Labute approximate surface area is 780 Å². The van der Waals surface area contributed by atoms with Crippen molar-refractivity contribution in [2.75, 3.05) is 151 Å². The van der Waals surface area contributed by atoms with Crippen molar-refractivity contribution in [1.82, 2.24) is 56.5 Å². The Morgan fingerprint density at radius 2 is 0.659 bits per heavy atom. The molecule has 3 aliphatic heterocycles. The fraction of sp³-hybridized carbons (Fsp3) is 0.500. The molecule has 0 amide bonds. The molecule has 123 heavy (non-hydrogen) atoms. The average molecular weight is 2100 g/mol. The van der Waals surface area contributed by atoms with E-state index in [-0.39, 0.29) is 60.2 Å². The first-order chi connectivity index (χ1) is 57.9. The van der Waals surface area contributed by atoms with Gasteiger partial charge in [0.15, 0.2) is 6.29 Å². The molecule has 2 atom stereocenters. The molecule has 27 nitrogen and oxygen atoms in total. The molecule has 7 aromatic carbocycles. The molecule has 0 bridgehead atoms. The quantitative estimate of drug-likeness (QED) is 0.00997. The van der Waals surface area contributed by atoms with Gasteiger partial charge >= 0.3 is 78.7 Å². The number of nitrogens with two attached hydrogens (primary N) is 3. The van der Waals surface area contributed by atoms with Crippen LogP contribution in [-0.4, -0.2) is 260 Å². The molecule has 10 rings (SSSR count). The van der Waals surface area contributed by atoms with Crippen LogP contribution in [-0.2, 0) is 84.1 Å². The number of carbonyl (C=O) groups excluding carboxylic acids is 1. The summed E-state index contributed by atoms with van der Waals surface area (Å²) in [4.78, 5) is 21.5. The molecule has 3 fully saturated rings. The molecule has 3 aliphatic rings. The first-order valence-electron chi connectivity index (χ1n) is 42.5. The van der Waals surface area contributed by atoms with E-state index >= 15 is 0 Å². The van der Waals surface area contributed by atoms with Gasteiger partial charge in [-0.05, 0) is 249 Å². The number of hydrogen-bond donors (Lipinski definition) is 22. The zero-order chi connectivity index (χ0) is 87.0. The van der Waals surface area contributed by atoms with Crippen molar-refractivity contribution in [3.8, 4) is 40.2 Å². The Kier molecular flexibility index (Phi) is 59.5. The number of benzene rings is 7. The fourth-order valence-corrected chi connectivity index (χ4v) is 14.8. The van der Waals surface area contributed by atoms with Crippen LogP contribution in [0.1, 0.15) is 95.5 Å². The van der Waals surface area contributed by atoms with Gasteiger partial charge < -0.3 is 152 Å². The summed E-state index contributed by atoms with van der Waals surface area (Å²) in [5.74, 6) is 2.16. The fourth-order valence-electron chi connectivity index (χ4n) is 14.8. The van der Waals surface area contributed by atoms with Crippen molar-refractivity contribution in [3.05, 3.63) is 205 Å². The standard InChI is InChI=1S/C36H57B3N6O6.C34H49N5O3.C10H14BNO3.C6H15N3.3ClH.I3/c1-37(49)40-13-10-28-4-7-34(46)31(22-28)25-43-16-18-44(26-32-23-29(5-8-35(32)47)11-14-41-38(2)50)20-21-45(19-17-43)27-33-24-30(6-9-36(33)48)12-15-42-39(3)51;35-12-7-25-1-4-32(40)29(19-25)20-28-10-15-38(23-30-21-26(8-13-36)2-5-33(30)41)17-18-39(16-11-28)24-31-22-27(9-14-37)3-6-34(31)42;1-11(15)12-5-4-8-2-3-10(14)9(6-8)7-13;1-2-8-5-6-9-4-3-7-1;;;;1-3-2/h4-9,22-24,40-42,46-51H,10-21,25-27H2,1-3H3;1-6,19,21-22,28,40-42H,7-18,20,23-24,35-37H2;2-3,6-7,12,14-15H,4-5H2,1H3;7-9H,1-6H2;3*1H;/q;;;;;;;-1/p-2. The number of aldehydes is 1. The van der Waals surface area contributed by atoms with E-state index in [1.54, 1.807) is 75.8 Å². The predicted molar refractivity (Wildman–Crippen MR) is 501 cm³/mol. The number of halogens is 6. The van der Waals surface area contributed by atoms with E-state index in [0.29, 0.717) is 127 Å². The van der Waals surface area contributed by atoms with E-state index in [1.165, 1.54) is 11.0 Å². The largest absolute Gasteiger partial charge is 1.00 e. The Bertz CT molecular complexity index is 3690. The first kappa shape index (κ1) is 113. The topological polar surface area (TPSA) is 419 Å². The number of phenols is 7. The molecular weight excluding hydrogens is 1970 g/mol. The third-order valence-electron chi connectivity index (χ3n) is 21.5. The summed E-state index contributed by atoms with van der Waals surface area (Å²) in [6.45, 7) is 28.9. The number of carbonyl (C=O) groups is 1. The summed E-state index contributed by atoms with van der Waals surface area (Å²) in [5, 5.41) is 133. The Balaban J connectivity index is 0.000000481. The Morgan fingerprint density at radius 3 is 0.967 bits per heavy atom. The molecular formula is C86H136B4Cl3I3N15O12-3. The van der Waals surface area contributed by atoms with Gasteiger partial charge in [0, 0.05) is 139 Å². The number of hydrogen-bond acceptors (Lipinski definition) is 26. The summed E-state index contributed by atoms with van der Waals surface area (Å²) < 4.78 is 0. The van der Waals surface area contributed by atoms with E-state index in [1.807, 2.05) is 54.6 Å². The Hall–Kier alpha value is -4.63. The number of aromatic hydroxyl groups is 7. The van der Waals surface area contributed by atoms with Crippen molar-refractivity contribution >= 4 is 71.7 Å². The zero-order valence-electron chi connectivity index (χ0n) is 72.1. The zero-order valence-corrected chi connectivity index (χ0v) is 80.8.